The summed E-state index contributed by atoms with van der Waals surface area (Å²) in [5.41, 5.74) is 1.56. The van der Waals surface area contributed by atoms with Gasteiger partial charge in [0.2, 0.25) is 0 Å². The second kappa shape index (κ2) is 9.02. The van der Waals surface area contributed by atoms with Crippen molar-refractivity contribution < 1.29 is 18.7 Å². The fourth-order valence-electron chi connectivity index (χ4n) is 3.66. The summed E-state index contributed by atoms with van der Waals surface area (Å²) in [6.45, 7) is -0.474. The highest BCUT2D eigenvalue weighted by Gasteiger charge is 2.35. The van der Waals surface area contributed by atoms with E-state index in [1.54, 1.807) is 30.5 Å². The molecular weight excluding hydrogens is 483 g/mol. The molecule has 0 bridgehead atoms. The summed E-state index contributed by atoms with van der Waals surface area (Å²) >= 11 is 13.6. The van der Waals surface area contributed by atoms with Crippen LogP contribution in [-0.2, 0) is 9.53 Å². The molecule has 0 fully saturated rings. The first-order valence-electron chi connectivity index (χ1n) is 10.0. The first kappa shape index (κ1) is 21.7. The standard InChI is InChI=1S/C24H16Cl2N2O4S/c25-15-9-7-14(8-10-15)17-12-18(19-5-3-11-31-19)28(27-17)21(29)13-32-24(30)23-22(26)16-4-1-2-6-20(16)33-23/h1-11,18H,12-13H2/t18-/m0/s1. The van der Waals surface area contributed by atoms with Gasteiger partial charge in [-0.1, -0.05) is 53.5 Å². The Hall–Kier alpha value is -3.13. The molecule has 4 aromatic rings. The molecule has 33 heavy (non-hydrogen) atoms. The molecule has 1 atom stereocenters. The summed E-state index contributed by atoms with van der Waals surface area (Å²) in [5, 5.41) is 7.53. The van der Waals surface area contributed by atoms with Crippen LogP contribution in [0.15, 0.2) is 76.4 Å². The van der Waals surface area contributed by atoms with E-state index >= 15 is 0 Å². The highest BCUT2D eigenvalue weighted by molar-refractivity contribution is 7.21. The van der Waals surface area contributed by atoms with Crippen LogP contribution in [0.4, 0.5) is 0 Å². The monoisotopic (exact) mass is 498 g/mol. The lowest BCUT2D eigenvalue weighted by Gasteiger charge is -2.19. The first-order valence-corrected chi connectivity index (χ1v) is 11.6. The van der Waals surface area contributed by atoms with Crippen LogP contribution in [0.3, 0.4) is 0 Å². The topological polar surface area (TPSA) is 72.1 Å². The number of esters is 1. The molecule has 0 N–H and O–H groups in total. The molecule has 5 rings (SSSR count). The predicted octanol–water partition coefficient (Wildman–Crippen LogP) is 6.34. The Balaban J connectivity index is 1.35. The highest BCUT2D eigenvalue weighted by Crippen LogP contribution is 2.36. The molecule has 1 aliphatic heterocycles. The van der Waals surface area contributed by atoms with Gasteiger partial charge in [0.15, 0.2) is 6.61 Å². The molecule has 6 nitrogen and oxygen atoms in total. The molecule has 0 radical (unpaired) electrons. The third-order valence-corrected chi connectivity index (χ3v) is 7.17. The van der Waals surface area contributed by atoms with Crippen LogP contribution >= 0.6 is 34.5 Å². The number of ether oxygens (including phenoxy) is 1. The second-order valence-electron chi connectivity index (χ2n) is 7.34. The van der Waals surface area contributed by atoms with Crippen LogP contribution in [0, 0.1) is 0 Å². The normalized spacial score (nSPS) is 15.6. The van der Waals surface area contributed by atoms with Crippen molar-refractivity contribution in [3.63, 3.8) is 0 Å². The molecule has 1 aliphatic rings. The number of rotatable bonds is 5. The maximum absolute atomic E-state index is 13.0. The number of halogens is 2. The van der Waals surface area contributed by atoms with Crippen molar-refractivity contribution in [2.45, 2.75) is 12.5 Å². The van der Waals surface area contributed by atoms with Crippen LogP contribution in [0.25, 0.3) is 10.1 Å². The molecule has 166 valence electrons. The third-order valence-electron chi connectivity index (χ3n) is 5.26. The van der Waals surface area contributed by atoms with Crippen molar-refractivity contribution in [1.82, 2.24) is 5.01 Å². The largest absolute Gasteiger partial charge is 0.467 e. The van der Waals surface area contributed by atoms with Gasteiger partial charge in [-0.2, -0.15) is 5.10 Å². The Bertz CT molecular complexity index is 1360. The van der Waals surface area contributed by atoms with Gasteiger partial charge >= 0.3 is 5.97 Å². The maximum atomic E-state index is 13.0. The molecule has 2 aromatic heterocycles. The van der Waals surface area contributed by atoms with Crippen LogP contribution in [0.1, 0.15) is 33.5 Å². The van der Waals surface area contributed by atoms with Crippen molar-refractivity contribution in [2.75, 3.05) is 6.61 Å². The van der Waals surface area contributed by atoms with Gasteiger partial charge in [-0.3, -0.25) is 4.79 Å². The van der Waals surface area contributed by atoms with E-state index < -0.39 is 24.5 Å². The van der Waals surface area contributed by atoms with Crippen molar-refractivity contribution in [2.24, 2.45) is 5.10 Å². The van der Waals surface area contributed by atoms with Crippen LogP contribution in [-0.4, -0.2) is 29.2 Å². The summed E-state index contributed by atoms with van der Waals surface area (Å²) < 4.78 is 11.7. The average Bonchev–Trinajstić information content (AvgIpc) is 3.57. The molecule has 2 aromatic carbocycles. The quantitative estimate of drug-likeness (QED) is 0.301. The van der Waals surface area contributed by atoms with Crippen molar-refractivity contribution >= 4 is 62.2 Å². The van der Waals surface area contributed by atoms with E-state index in [1.807, 2.05) is 36.4 Å². The van der Waals surface area contributed by atoms with Crippen LogP contribution < -0.4 is 0 Å². The van der Waals surface area contributed by atoms with E-state index in [1.165, 1.54) is 16.3 Å². The molecule has 1 amide bonds. The van der Waals surface area contributed by atoms with E-state index in [-0.39, 0.29) is 4.88 Å². The zero-order chi connectivity index (χ0) is 22.9. The number of amides is 1. The van der Waals surface area contributed by atoms with E-state index in [2.05, 4.69) is 5.10 Å². The van der Waals surface area contributed by atoms with Gasteiger partial charge in [0.05, 0.1) is 17.0 Å². The summed E-state index contributed by atoms with van der Waals surface area (Å²) in [5.74, 6) is -0.522. The van der Waals surface area contributed by atoms with Gasteiger partial charge in [0.25, 0.3) is 5.91 Å². The summed E-state index contributed by atoms with van der Waals surface area (Å²) in [4.78, 5) is 25.9. The summed E-state index contributed by atoms with van der Waals surface area (Å²) in [6.07, 6.45) is 2.00. The van der Waals surface area contributed by atoms with Crippen LogP contribution in [0.2, 0.25) is 10.0 Å². The smallest absolute Gasteiger partial charge is 0.350 e. The number of hydrogen-bond acceptors (Lipinski definition) is 6. The number of furan rings is 1. The number of carbonyl (C=O) groups excluding carboxylic acids is 2. The van der Waals surface area contributed by atoms with E-state index in [9.17, 15) is 9.59 Å². The average molecular weight is 499 g/mol. The van der Waals surface area contributed by atoms with Gasteiger partial charge in [0, 0.05) is 21.5 Å². The Kier molecular flexibility index (Phi) is 5.93. The Morgan fingerprint density at radius 3 is 2.61 bits per heavy atom. The molecule has 0 aliphatic carbocycles. The Morgan fingerprint density at radius 2 is 1.88 bits per heavy atom. The molecule has 9 heteroatoms. The predicted molar refractivity (Wildman–Crippen MR) is 128 cm³/mol. The lowest BCUT2D eigenvalue weighted by Crippen LogP contribution is -2.31. The summed E-state index contributed by atoms with van der Waals surface area (Å²) in [6, 6.07) is 17.7. The number of nitrogens with zero attached hydrogens (tertiary/aromatic N) is 2. The minimum absolute atomic E-state index is 0.264. The van der Waals surface area contributed by atoms with E-state index in [0.29, 0.717) is 27.9 Å². The zero-order valence-electron chi connectivity index (χ0n) is 17.0. The SMILES string of the molecule is O=C(OCC(=O)N1N=C(c2ccc(Cl)cc2)C[C@H]1c1ccco1)c1sc2ccccc2c1Cl. The number of carbonyl (C=O) groups is 2. The van der Waals surface area contributed by atoms with Gasteiger partial charge in [-0.25, -0.2) is 9.80 Å². The second-order valence-corrected chi connectivity index (χ2v) is 9.21. The number of hydrazone groups is 1. The number of benzene rings is 2. The number of hydrogen-bond donors (Lipinski definition) is 0. The van der Waals surface area contributed by atoms with Gasteiger partial charge in [0.1, 0.15) is 16.7 Å². The van der Waals surface area contributed by atoms with Gasteiger partial charge in [-0.05, 0) is 35.9 Å². The maximum Gasteiger partial charge on any atom is 0.350 e. The fraction of sp³-hybridized carbons (Fsp3) is 0.125. The lowest BCUT2D eigenvalue weighted by atomic mass is 10.0. The Morgan fingerprint density at radius 1 is 1.09 bits per heavy atom. The Labute approximate surface area is 203 Å². The van der Waals surface area contributed by atoms with Gasteiger partial charge < -0.3 is 9.15 Å². The fourth-order valence-corrected chi connectivity index (χ4v) is 5.19. The van der Waals surface area contributed by atoms with Crippen molar-refractivity contribution in [1.29, 1.82) is 0 Å². The number of thiophene rings is 1. The molecule has 0 saturated carbocycles. The highest BCUT2D eigenvalue weighted by atomic mass is 35.5. The van der Waals surface area contributed by atoms with Crippen molar-refractivity contribution in [3.05, 3.63) is 93.2 Å². The molecule has 3 heterocycles. The van der Waals surface area contributed by atoms with E-state index in [0.717, 1.165) is 15.6 Å². The van der Waals surface area contributed by atoms with Crippen LogP contribution in [0.5, 0.6) is 0 Å². The zero-order valence-corrected chi connectivity index (χ0v) is 19.4. The molecular formula is C24H16Cl2N2O4S. The molecule has 0 spiro atoms. The van der Waals surface area contributed by atoms with Gasteiger partial charge in [-0.15, -0.1) is 11.3 Å². The molecule has 0 saturated heterocycles. The first-order chi connectivity index (χ1) is 16.0. The lowest BCUT2D eigenvalue weighted by molar-refractivity contribution is -0.136. The van der Waals surface area contributed by atoms with Crippen molar-refractivity contribution in [3.8, 4) is 0 Å². The minimum atomic E-state index is -0.648. The number of fused-ring (bicyclic) bond motifs is 1. The molecule has 0 unspecified atom stereocenters. The summed E-state index contributed by atoms with van der Waals surface area (Å²) in [7, 11) is 0. The third kappa shape index (κ3) is 4.27. The minimum Gasteiger partial charge on any atom is -0.467 e. The van der Waals surface area contributed by atoms with E-state index in [4.69, 9.17) is 32.4 Å².